The van der Waals surface area contributed by atoms with Crippen LogP contribution in [0.15, 0.2) is 6.20 Å². The number of aryl methyl sites for hydroxylation is 1. The number of nitrogens with zero attached hydrogens (tertiary/aromatic N) is 2. The van der Waals surface area contributed by atoms with E-state index >= 15 is 0 Å². The van der Waals surface area contributed by atoms with Crippen molar-refractivity contribution < 1.29 is 5.11 Å². The minimum absolute atomic E-state index is 0.366. The summed E-state index contributed by atoms with van der Waals surface area (Å²) in [7, 11) is 0. The fraction of sp³-hybridized carbons (Fsp3) is 0.750. The second kappa shape index (κ2) is 5.19. The molecule has 4 heteroatoms. The molecule has 0 aliphatic heterocycles. The number of aliphatic hydroxyl groups excluding tert-OH is 1. The Labute approximate surface area is 101 Å². The summed E-state index contributed by atoms with van der Waals surface area (Å²) in [6.45, 7) is 2.92. The highest BCUT2D eigenvalue weighted by Crippen LogP contribution is 2.37. The van der Waals surface area contributed by atoms with E-state index in [0.717, 1.165) is 31.5 Å². The molecule has 1 heterocycles. The first-order valence-electron chi connectivity index (χ1n) is 6.13. The van der Waals surface area contributed by atoms with E-state index in [2.05, 4.69) is 12.0 Å². The van der Waals surface area contributed by atoms with Crippen molar-refractivity contribution in [1.29, 1.82) is 0 Å². The molecule has 1 N–H and O–H groups in total. The molecule has 2 rings (SSSR count). The van der Waals surface area contributed by atoms with Crippen LogP contribution in [0.25, 0.3) is 0 Å². The molecule has 0 bridgehead atoms. The second-order valence-electron chi connectivity index (χ2n) is 4.59. The lowest BCUT2D eigenvalue weighted by atomic mass is 9.98. The first-order chi connectivity index (χ1) is 7.74. The molecule has 1 unspecified atom stereocenters. The van der Waals surface area contributed by atoms with E-state index in [1.54, 1.807) is 6.20 Å². The summed E-state index contributed by atoms with van der Waals surface area (Å²) < 4.78 is 1.85. The Morgan fingerprint density at radius 3 is 2.88 bits per heavy atom. The molecule has 90 valence electrons. The highest BCUT2D eigenvalue weighted by atomic mass is 35.5. The maximum absolute atomic E-state index is 10.4. The average molecular weight is 243 g/mol. The summed E-state index contributed by atoms with van der Waals surface area (Å²) in [4.78, 5) is 0. The van der Waals surface area contributed by atoms with Gasteiger partial charge in [-0.05, 0) is 25.2 Å². The summed E-state index contributed by atoms with van der Waals surface area (Å²) in [5.74, 6) is 0.366. The Balaban J connectivity index is 2.19. The van der Waals surface area contributed by atoms with Crippen molar-refractivity contribution in [2.75, 3.05) is 0 Å². The monoisotopic (exact) mass is 242 g/mol. The molecule has 1 aliphatic carbocycles. The van der Waals surface area contributed by atoms with E-state index in [1.807, 2.05) is 4.68 Å². The van der Waals surface area contributed by atoms with Gasteiger partial charge in [0.15, 0.2) is 0 Å². The summed E-state index contributed by atoms with van der Waals surface area (Å²) in [5.41, 5.74) is 0.815. The van der Waals surface area contributed by atoms with Crippen molar-refractivity contribution in [2.24, 2.45) is 5.92 Å². The summed E-state index contributed by atoms with van der Waals surface area (Å²) in [5, 5.41) is 15.2. The van der Waals surface area contributed by atoms with Crippen molar-refractivity contribution in [3.05, 3.63) is 16.9 Å². The smallest absolute Gasteiger partial charge is 0.0999 e. The van der Waals surface area contributed by atoms with Gasteiger partial charge in [-0.3, -0.25) is 4.68 Å². The Morgan fingerprint density at radius 1 is 1.56 bits per heavy atom. The quantitative estimate of drug-likeness (QED) is 0.881. The molecule has 1 fully saturated rings. The summed E-state index contributed by atoms with van der Waals surface area (Å²) >= 11 is 6.11. The number of halogens is 1. The van der Waals surface area contributed by atoms with E-state index in [1.165, 1.54) is 12.8 Å². The third-order valence-electron chi connectivity index (χ3n) is 3.40. The van der Waals surface area contributed by atoms with Crippen LogP contribution in [0, 0.1) is 5.92 Å². The molecular formula is C12H19ClN2O. The largest absolute Gasteiger partial charge is 0.386 e. The lowest BCUT2D eigenvalue weighted by Gasteiger charge is -2.19. The minimum Gasteiger partial charge on any atom is -0.386 e. The minimum atomic E-state index is -0.441. The second-order valence-corrected chi connectivity index (χ2v) is 5.00. The lowest BCUT2D eigenvalue weighted by molar-refractivity contribution is 0.102. The highest BCUT2D eigenvalue weighted by Gasteiger charge is 2.28. The molecule has 0 spiro atoms. The maximum atomic E-state index is 10.4. The maximum Gasteiger partial charge on any atom is 0.0999 e. The molecule has 16 heavy (non-hydrogen) atoms. The van der Waals surface area contributed by atoms with Crippen molar-refractivity contribution >= 4 is 11.6 Å². The molecule has 1 saturated carbocycles. The fourth-order valence-corrected chi connectivity index (χ4v) is 2.81. The van der Waals surface area contributed by atoms with E-state index in [9.17, 15) is 5.11 Å². The van der Waals surface area contributed by atoms with Gasteiger partial charge in [0.2, 0.25) is 0 Å². The van der Waals surface area contributed by atoms with Gasteiger partial charge in [-0.2, -0.15) is 5.10 Å². The van der Waals surface area contributed by atoms with Crippen LogP contribution >= 0.6 is 11.6 Å². The topological polar surface area (TPSA) is 38.0 Å². The van der Waals surface area contributed by atoms with Crippen LogP contribution in [-0.4, -0.2) is 14.9 Å². The highest BCUT2D eigenvalue weighted by molar-refractivity contribution is 6.31. The van der Waals surface area contributed by atoms with Gasteiger partial charge in [-0.25, -0.2) is 0 Å². The van der Waals surface area contributed by atoms with E-state index in [0.29, 0.717) is 10.9 Å². The van der Waals surface area contributed by atoms with Gasteiger partial charge in [-0.1, -0.05) is 31.4 Å². The zero-order valence-corrected chi connectivity index (χ0v) is 10.5. The fourth-order valence-electron chi connectivity index (χ4n) is 2.55. The van der Waals surface area contributed by atoms with Crippen molar-refractivity contribution in [2.45, 2.75) is 51.7 Å². The number of aliphatic hydroxyl groups is 1. The molecule has 3 nitrogen and oxygen atoms in total. The Morgan fingerprint density at radius 2 is 2.25 bits per heavy atom. The number of hydrogen-bond donors (Lipinski definition) is 1. The number of aromatic nitrogens is 2. The average Bonchev–Trinajstić information content (AvgIpc) is 2.88. The summed E-state index contributed by atoms with van der Waals surface area (Å²) in [6, 6.07) is 0. The van der Waals surface area contributed by atoms with E-state index in [4.69, 9.17) is 11.6 Å². The van der Waals surface area contributed by atoms with Crippen LogP contribution in [0.5, 0.6) is 0 Å². The van der Waals surface area contributed by atoms with Gasteiger partial charge in [0, 0.05) is 6.54 Å². The van der Waals surface area contributed by atoms with Crippen LogP contribution in [0.3, 0.4) is 0 Å². The molecule has 0 radical (unpaired) electrons. The van der Waals surface area contributed by atoms with Gasteiger partial charge in [0.05, 0.1) is 23.0 Å². The molecule has 1 aliphatic rings. The SMILES string of the molecule is CCCn1ncc(Cl)c1C(O)C1CCCC1. The molecule has 0 amide bonds. The third-order valence-corrected chi connectivity index (χ3v) is 3.69. The Hall–Kier alpha value is -0.540. The molecule has 1 aromatic heterocycles. The van der Waals surface area contributed by atoms with Crippen LogP contribution in [0.4, 0.5) is 0 Å². The molecule has 0 aromatic carbocycles. The number of rotatable bonds is 4. The molecule has 1 atom stereocenters. The van der Waals surface area contributed by atoms with Crippen molar-refractivity contribution in [3.63, 3.8) is 0 Å². The van der Waals surface area contributed by atoms with Crippen LogP contribution in [0.1, 0.15) is 50.8 Å². The van der Waals surface area contributed by atoms with Gasteiger partial charge in [0.1, 0.15) is 0 Å². The first kappa shape index (κ1) is 11.9. The van der Waals surface area contributed by atoms with Crippen LogP contribution < -0.4 is 0 Å². The zero-order chi connectivity index (χ0) is 11.5. The Bertz CT molecular complexity index is 345. The van der Waals surface area contributed by atoms with Gasteiger partial charge < -0.3 is 5.11 Å². The summed E-state index contributed by atoms with van der Waals surface area (Å²) in [6.07, 6.45) is 6.86. The zero-order valence-electron chi connectivity index (χ0n) is 9.69. The third kappa shape index (κ3) is 2.25. The molecule has 1 aromatic rings. The predicted octanol–water partition coefficient (Wildman–Crippen LogP) is 3.17. The van der Waals surface area contributed by atoms with Gasteiger partial charge >= 0.3 is 0 Å². The van der Waals surface area contributed by atoms with Gasteiger partial charge in [0.25, 0.3) is 0 Å². The normalized spacial score (nSPS) is 19.2. The van der Waals surface area contributed by atoms with Crippen LogP contribution in [-0.2, 0) is 6.54 Å². The molecule has 0 saturated heterocycles. The molecular weight excluding hydrogens is 224 g/mol. The van der Waals surface area contributed by atoms with E-state index < -0.39 is 6.10 Å². The van der Waals surface area contributed by atoms with Crippen LogP contribution in [0.2, 0.25) is 5.02 Å². The Kier molecular flexibility index (Phi) is 3.87. The predicted molar refractivity (Wildman–Crippen MR) is 64.4 cm³/mol. The van der Waals surface area contributed by atoms with Crippen molar-refractivity contribution in [3.8, 4) is 0 Å². The lowest BCUT2D eigenvalue weighted by Crippen LogP contribution is -2.15. The number of hydrogen-bond acceptors (Lipinski definition) is 2. The van der Waals surface area contributed by atoms with Gasteiger partial charge in [-0.15, -0.1) is 0 Å². The van der Waals surface area contributed by atoms with Crippen molar-refractivity contribution in [1.82, 2.24) is 9.78 Å². The van der Waals surface area contributed by atoms with E-state index in [-0.39, 0.29) is 0 Å². The first-order valence-corrected chi connectivity index (χ1v) is 6.51. The standard InChI is InChI=1S/C12H19ClN2O/c1-2-7-15-11(10(13)8-14-15)12(16)9-5-3-4-6-9/h8-9,12,16H,2-7H2,1H3.